The molecular formula is C19H16N2O4S. The van der Waals surface area contributed by atoms with Crippen LogP contribution in [0.1, 0.15) is 28.2 Å². The summed E-state index contributed by atoms with van der Waals surface area (Å²) < 4.78 is 10.7. The van der Waals surface area contributed by atoms with E-state index in [9.17, 15) is 9.59 Å². The number of thiazole rings is 1. The summed E-state index contributed by atoms with van der Waals surface area (Å²) in [6.07, 6.45) is 3.02. The number of hydrogen-bond acceptors (Lipinski definition) is 6. The second-order valence-electron chi connectivity index (χ2n) is 5.93. The van der Waals surface area contributed by atoms with Crippen molar-refractivity contribution in [2.45, 2.75) is 19.8 Å². The number of esters is 1. The van der Waals surface area contributed by atoms with Crippen molar-refractivity contribution >= 4 is 28.9 Å². The Morgan fingerprint density at radius 3 is 2.73 bits per heavy atom. The molecule has 0 aliphatic carbocycles. The lowest BCUT2D eigenvalue weighted by Crippen LogP contribution is -2.23. The first-order chi connectivity index (χ1) is 12.6. The maximum atomic E-state index is 12.4. The number of benzene rings is 1. The van der Waals surface area contributed by atoms with E-state index in [1.165, 1.54) is 11.3 Å². The van der Waals surface area contributed by atoms with Crippen molar-refractivity contribution in [1.29, 1.82) is 0 Å². The normalized spacial score (nSPS) is 14.0. The topological polar surface area (TPSA) is 72.6 Å². The molecule has 2 aromatic heterocycles. The molecule has 0 saturated carbocycles. The summed E-state index contributed by atoms with van der Waals surface area (Å²) in [5.41, 5.74) is 1.09. The second-order valence-corrected chi connectivity index (χ2v) is 7.14. The predicted molar refractivity (Wildman–Crippen MR) is 97.5 cm³/mol. The van der Waals surface area contributed by atoms with Crippen LogP contribution in [0.5, 0.6) is 5.75 Å². The van der Waals surface area contributed by atoms with Gasteiger partial charge < -0.3 is 14.1 Å². The van der Waals surface area contributed by atoms with Gasteiger partial charge in [-0.1, -0.05) is 0 Å². The Kier molecular flexibility index (Phi) is 4.30. The molecule has 3 heterocycles. The van der Waals surface area contributed by atoms with E-state index in [4.69, 9.17) is 9.15 Å². The highest BCUT2D eigenvalue weighted by atomic mass is 32.1. The highest BCUT2D eigenvalue weighted by molar-refractivity contribution is 7.15. The van der Waals surface area contributed by atoms with Crippen LogP contribution in [-0.2, 0) is 4.79 Å². The van der Waals surface area contributed by atoms with Crippen molar-refractivity contribution in [1.82, 2.24) is 4.98 Å². The third-order valence-corrected chi connectivity index (χ3v) is 5.14. The Morgan fingerprint density at radius 1 is 1.27 bits per heavy atom. The standard InChI is InChI=1S/C19H16N2O4S/c1-12-17(20-18(26-12)15-4-3-11-24-15)19(23)25-14-8-6-13(7-9-14)21-10-2-5-16(21)22/h3-4,6-9,11H,2,5,10H2,1H3. The van der Waals surface area contributed by atoms with Crippen LogP contribution in [-0.4, -0.2) is 23.4 Å². The van der Waals surface area contributed by atoms with E-state index in [0.717, 1.165) is 23.5 Å². The number of amides is 1. The summed E-state index contributed by atoms with van der Waals surface area (Å²) in [7, 11) is 0. The lowest BCUT2D eigenvalue weighted by Gasteiger charge is -2.15. The lowest BCUT2D eigenvalue weighted by atomic mass is 10.3. The molecule has 0 atom stereocenters. The number of nitrogens with zero attached hydrogens (tertiary/aromatic N) is 2. The van der Waals surface area contributed by atoms with Crippen LogP contribution in [0.3, 0.4) is 0 Å². The minimum absolute atomic E-state index is 0.123. The first kappa shape index (κ1) is 16.5. The van der Waals surface area contributed by atoms with Gasteiger partial charge in [-0.3, -0.25) is 4.79 Å². The van der Waals surface area contributed by atoms with Gasteiger partial charge in [-0.15, -0.1) is 11.3 Å². The van der Waals surface area contributed by atoms with E-state index in [0.29, 0.717) is 22.9 Å². The fourth-order valence-corrected chi connectivity index (χ4v) is 3.73. The van der Waals surface area contributed by atoms with Gasteiger partial charge in [0.2, 0.25) is 5.91 Å². The number of furan rings is 1. The summed E-state index contributed by atoms with van der Waals surface area (Å²) in [6.45, 7) is 2.55. The SMILES string of the molecule is Cc1sc(-c2ccco2)nc1C(=O)Oc1ccc(N2CCCC2=O)cc1. The predicted octanol–water partition coefficient (Wildman–Crippen LogP) is 4.06. The van der Waals surface area contributed by atoms with Crippen LogP contribution in [0.4, 0.5) is 5.69 Å². The van der Waals surface area contributed by atoms with Crippen LogP contribution in [0.15, 0.2) is 47.1 Å². The molecule has 26 heavy (non-hydrogen) atoms. The third kappa shape index (κ3) is 3.13. The number of carbonyl (C=O) groups excluding carboxylic acids is 2. The highest BCUT2D eigenvalue weighted by Gasteiger charge is 2.22. The molecule has 4 rings (SSSR count). The van der Waals surface area contributed by atoms with Gasteiger partial charge in [0.15, 0.2) is 16.5 Å². The van der Waals surface area contributed by atoms with E-state index in [2.05, 4.69) is 4.98 Å². The molecule has 0 bridgehead atoms. The van der Waals surface area contributed by atoms with Gasteiger partial charge >= 0.3 is 5.97 Å². The van der Waals surface area contributed by atoms with Gasteiger partial charge in [-0.25, -0.2) is 9.78 Å². The fourth-order valence-electron chi connectivity index (χ4n) is 2.86. The monoisotopic (exact) mass is 368 g/mol. The number of aryl methyl sites for hydroxylation is 1. The quantitative estimate of drug-likeness (QED) is 0.513. The zero-order valence-electron chi connectivity index (χ0n) is 14.1. The van der Waals surface area contributed by atoms with Gasteiger partial charge in [-0.2, -0.15) is 0 Å². The van der Waals surface area contributed by atoms with Crippen LogP contribution in [0, 0.1) is 6.92 Å². The minimum atomic E-state index is -0.512. The number of hydrogen-bond donors (Lipinski definition) is 0. The van der Waals surface area contributed by atoms with Gasteiger partial charge in [0.05, 0.1) is 6.26 Å². The summed E-state index contributed by atoms with van der Waals surface area (Å²) in [5.74, 6) is 0.647. The number of anilines is 1. The molecule has 1 amide bonds. The number of aromatic nitrogens is 1. The molecular weight excluding hydrogens is 352 g/mol. The smallest absolute Gasteiger partial charge is 0.363 e. The Balaban J connectivity index is 1.49. The largest absolute Gasteiger partial charge is 0.462 e. The summed E-state index contributed by atoms with van der Waals surface area (Å²) >= 11 is 1.38. The molecule has 1 aromatic carbocycles. The summed E-state index contributed by atoms with van der Waals surface area (Å²) in [4.78, 5) is 31.1. The van der Waals surface area contributed by atoms with Crippen molar-refractivity contribution in [2.24, 2.45) is 0 Å². The molecule has 0 radical (unpaired) electrons. The molecule has 7 heteroatoms. The van der Waals surface area contributed by atoms with Gasteiger partial charge in [0.25, 0.3) is 0 Å². The molecule has 0 spiro atoms. The van der Waals surface area contributed by atoms with Crippen LogP contribution < -0.4 is 9.64 Å². The number of ether oxygens (including phenoxy) is 1. The fraction of sp³-hybridized carbons (Fsp3) is 0.211. The molecule has 132 valence electrons. The van der Waals surface area contributed by atoms with E-state index in [1.54, 1.807) is 47.6 Å². The lowest BCUT2D eigenvalue weighted by molar-refractivity contribution is -0.117. The maximum absolute atomic E-state index is 12.4. The Hall–Kier alpha value is -2.93. The molecule has 6 nitrogen and oxygen atoms in total. The van der Waals surface area contributed by atoms with Crippen molar-refractivity contribution in [3.8, 4) is 16.5 Å². The zero-order valence-corrected chi connectivity index (χ0v) is 14.9. The molecule has 1 fully saturated rings. The van der Waals surface area contributed by atoms with Crippen molar-refractivity contribution in [2.75, 3.05) is 11.4 Å². The van der Waals surface area contributed by atoms with Gasteiger partial charge in [0, 0.05) is 23.5 Å². The Morgan fingerprint density at radius 2 is 2.08 bits per heavy atom. The highest BCUT2D eigenvalue weighted by Crippen LogP contribution is 2.29. The maximum Gasteiger partial charge on any atom is 0.363 e. The van der Waals surface area contributed by atoms with Crippen molar-refractivity contribution in [3.63, 3.8) is 0 Å². The van der Waals surface area contributed by atoms with E-state index >= 15 is 0 Å². The van der Waals surface area contributed by atoms with Crippen LogP contribution >= 0.6 is 11.3 Å². The Labute approximate surface area is 154 Å². The van der Waals surface area contributed by atoms with Crippen LogP contribution in [0.2, 0.25) is 0 Å². The molecule has 0 N–H and O–H groups in total. The van der Waals surface area contributed by atoms with E-state index in [1.807, 2.05) is 6.92 Å². The Bertz CT molecular complexity index is 945. The first-order valence-corrected chi connectivity index (χ1v) is 9.07. The van der Waals surface area contributed by atoms with Gasteiger partial charge in [0.1, 0.15) is 5.75 Å². The summed E-state index contributed by atoms with van der Waals surface area (Å²) in [6, 6.07) is 10.5. The second kappa shape index (κ2) is 6.76. The molecule has 1 aliphatic heterocycles. The molecule has 1 aliphatic rings. The van der Waals surface area contributed by atoms with E-state index < -0.39 is 5.97 Å². The van der Waals surface area contributed by atoms with Crippen LogP contribution in [0.25, 0.3) is 10.8 Å². The average Bonchev–Trinajstić information content (AvgIpc) is 3.36. The number of rotatable bonds is 4. The summed E-state index contributed by atoms with van der Waals surface area (Å²) in [5, 5.41) is 0.641. The van der Waals surface area contributed by atoms with Gasteiger partial charge in [-0.05, 0) is 49.7 Å². The number of carbonyl (C=O) groups is 2. The third-order valence-electron chi connectivity index (χ3n) is 4.15. The molecule has 3 aromatic rings. The minimum Gasteiger partial charge on any atom is -0.462 e. The first-order valence-electron chi connectivity index (χ1n) is 8.26. The van der Waals surface area contributed by atoms with Crippen molar-refractivity contribution < 1.29 is 18.7 Å². The molecule has 0 unspecified atom stereocenters. The molecule has 1 saturated heterocycles. The van der Waals surface area contributed by atoms with E-state index in [-0.39, 0.29) is 11.6 Å². The van der Waals surface area contributed by atoms with Crippen molar-refractivity contribution in [3.05, 3.63) is 53.2 Å². The zero-order chi connectivity index (χ0) is 18.1. The average molecular weight is 368 g/mol.